The van der Waals surface area contributed by atoms with Crippen LogP contribution in [0.5, 0.6) is 0 Å². The molecule has 8 heteroatoms. The highest BCUT2D eigenvalue weighted by Gasteiger charge is 2.18. The van der Waals surface area contributed by atoms with Gasteiger partial charge in [-0.05, 0) is 42.9 Å². The maximum absolute atomic E-state index is 12.3. The van der Waals surface area contributed by atoms with Crippen molar-refractivity contribution in [2.75, 3.05) is 37.2 Å². The van der Waals surface area contributed by atoms with Gasteiger partial charge in [0.2, 0.25) is 5.91 Å². The summed E-state index contributed by atoms with van der Waals surface area (Å²) in [5.74, 6) is -1.64. The minimum Gasteiger partial charge on any atom is -0.351 e. The van der Waals surface area contributed by atoms with E-state index in [9.17, 15) is 18.0 Å². The molecule has 162 valence electrons. The number of anilines is 1. The molecule has 2 rings (SSSR count). The van der Waals surface area contributed by atoms with Gasteiger partial charge in [0.05, 0.1) is 5.75 Å². The van der Waals surface area contributed by atoms with Crippen molar-refractivity contribution in [2.45, 2.75) is 19.6 Å². The summed E-state index contributed by atoms with van der Waals surface area (Å²) in [5, 5.41) is 5.43. The third-order valence-electron chi connectivity index (χ3n) is 4.62. The zero-order valence-electron chi connectivity index (χ0n) is 17.4. The zero-order chi connectivity index (χ0) is 22.0. The predicted molar refractivity (Wildman–Crippen MR) is 119 cm³/mol. The average Bonchev–Trinajstić information content (AvgIpc) is 2.71. The predicted octanol–water partition coefficient (Wildman–Crippen LogP) is 2.31. The topological polar surface area (TPSA) is 95.6 Å². The van der Waals surface area contributed by atoms with E-state index in [-0.39, 0.29) is 11.7 Å². The van der Waals surface area contributed by atoms with Crippen LogP contribution >= 0.6 is 0 Å². The lowest BCUT2D eigenvalue weighted by Gasteiger charge is -2.17. The summed E-state index contributed by atoms with van der Waals surface area (Å²) in [7, 11) is -3.63. The van der Waals surface area contributed by atoms with E-state index in [1.54, 1.807) is 54.6 Å². The summed E-state index contributed by atoms with van der Waals surface area (Å²) < 4.78 is 24.7. The monoisotopic (exact) mass is 431 g/mol. The summed E-state index contributed by atoms with van der Waals surface area (Å²) in [6, 6.07) is 15.1. The van der Waals surface area contributed by atoms with Gasteiger partial charge in [0.1, 0.15) is 5.75 Å². The first-order valence-electron chi connectivity index (χ1n) is 9.97. The van der Waals surface area contributed by atoms with Crippen LogP contribution in [0.15, 0.2) is 54.6 Å². The molecular weight excluding hydrogens is 402 g/mol. The fourth-order valence-electron chi connectivity index (χ4n) is 2.95. The Balaban J connectivity index is 1.86. The van der Waals surface area contributed by atoms with Crippen molar-refractivity contribution in [3.8, 4) is 0 Å². The van der Waals surface area contributed by atoms with Crippen molar-refractivity contribution in [3.05, 3.63) is 65.7 Å². The fraction of sp³-hybridized carbons (Fsp3) is 0.364. The van der Waals surface area contributed by atoms with Gasteiger partial charge in [0, 0.05) is 24.3 Å². The Labute approximate surface area is 178 Å². The molecule has 0 atom stereocenters. The molecule has 7 nitrogen and oxygen atoms in total. The number of para-hydroxylation sites is 1. The molecule has 0 unspecified atom stereocenters. The first kappa shape index (κ1) is 23.6. The Morgan fingerprint density at radius 1 is 0.933 bits per heavy atom. The van der Waals surface area contributed by atoms with Crippen LogP contribution in [0.2, 0.25) is 0 Å². The quantitative estimate of drug-likeness (QED) is 0.569. The normalized spacial score (nSPS) is 11.3. The number of hydrogen-bond donors (Lipinski definition) is 2. The highest BCUT2D eigenvalue weighted by Crippen LogP contribution is 2.11. The van der Waals surface area contributed by atoms with E-state index in [4.69, 9.17) is 0 Å². The number of carbonyl (C=O) groups excluding carboxylic acids is 2. The molecule has 0 fully saturated rings. The van der Waals surface area contributed by atoms with Gasteiger partial charge in [-0.1, -0.05) is 44.2 Å². The molecule has 0 aromatic heterocycles. The summed E-state index contributed by atoms with van der Waals surface area (Å²) in [4.78, 5) is 26.4. The van der Waals surface area contributed by atoms with Crippen LogP contribution < -0.4 is 10.6 Å². The number of likely N-dealkylation sites (N-methyl/N-ethyl adjacent to an activating group) is 1. The van der Waals surface area contributed by atoms with Crippen molar-refractivity contribution < 1.29 is 18.0 Å². The molecule has 0 aliphatic rings. The molecule has 0 spiro atoms. The number of hydrogen-bond acceptors (Lipinski definition) is 5. The van der Waals surface area contributed by atoms with Crippen molar-refractivity contribution in [1.82, 2.24) is 10.2 Å². The molecule has 0 aliphatic heterocycles. The molecule has 0 saturated carbocycles. The lowest BCUT2D eigenvalue weighted by Crippen LogP contribution is -2.34. The smallest absolute Gasteiger partial charge is 0.251 e. The van der Waals surface area contributed by atoms with Gasteiger partial charge in [-0.3, -0.25) is 9.59 Å². The molecule has 2 amide bonds. The third-order valence-corrected chi connectivity index (χ3v) is 6.09. The van der Waals surface area contributed by atoms with Crippen molar-refractivity contribution in [2.24, 2.45) is 0 Å². The minimum atomic E-state index is -3.63. The molecular formula is C22H29N3O4S. The van der Waals surface area contributed by atoms with Crippen molar-refractivity contribution in [1.29, 1.82) is 0 Å². The third kappa shape index (κ3) is 7.96. The molecule has 30 heavy (non-hydrogen) atoms. The first-order chi connectivity index (χ1) is 14.3. The molecule has 2 N–H and O–H groups in total. The largest absolute Gasteiger partial charge is 0.351 e. The van der Waals surface area contributed by atoms with Crippen LogP contribution in [-0.2, 0) is 20.4 Å². The van der Waals surface area contributed by atoms with Crippen LogP contribution in [0.3, 0.4) is 0 Å². The Morgan fingerprint density at radius 2 is 1.57 bits per heavy atom. The van der Waals surface area contributed by atoms with E-state index in [0.717, 1.165) is 19.6 Å². The van der Waals surface area contributed by atoms with Crippen LogP contribution in [0.25, 0.3) is 0 Å². The SMILES string of the molecule is CCN(CC)CCNC(=O)c1ccc(CS(=O)(=O)CC(=O)Nc2ccccc2)cc1. The first-order valence-corrected chi connectivity index (χ1v) is 11.8. The second-order valence-corrected chi connectivity index (χ2v) is 8.99. The standard InChI is InChI=1S/C22H29N3O4S/c1-3-25(4-2)15-14-23-22(27)19-12-10-18(11-13-19)16-30(28,29)17-21(26)24-20-8-6-5-7-9-20/h5-13H,3-4,14-17H2,1-2H3,(H,23,27)(H,24,26). The summed E-state index contributed by atoms with van der Waals surface area (Å²) in [5.41, 5.74) is 1.55. The van der Waals surface area contributed by atoms with Gasteiger partial charge in [-0.2, -0.15) is 0 Å². The number of carbonyl (C=O) groups is 2. The molecule has 0 aliphatic carbocycles. The Bertz CT molecular complexity index is 925. The zero-order valence-corrected chi connectivity index (χ0v) is 18.2. The van der Waals surface area contributed by atoms with E-state index in [0.29, 0.717) is 23.4 Å². The second-order valence-electron chi connectivity index (χ2n) is 6.93. The number of sulfone groups is 1. The highest BCUT2D eigenvalue weighted by molar-refractivity contribution is 7.91. The highest BCUT2D eigenvalue weighted by atomic mass is 32.2. The van der Waals surface area contributed by atoms with E-state index in [2.05, 4.69) is 29.4 Å². The number of rotatable bonds is 11. The van der Waals surface area contributed by atoms with Gasteiger partial charge in [0.25, 0.3) is 5.91 Å². The van der Waals surface area contributed by atoms with Crippen LogP contribution in [0.4, 0.5) is 5.69 Å². The molecule has 0 radical (unpaired) electrons. The van der Waals surface area contributed by atoms with Crippen molar-refractivity contribution in [3.63, 3.8) is 0 Å². The number of amides is 2. The number of benzene rings is 2. The summed E-state index contributed by atoms with van der Waals surface area (Å²) >= 11 is 0. The second kappa shape index (κ2) is 11.5. The Hall–Kier alpha value is -2.71. The maximum Gasteiger partial charge on any atom is 0.251 e. The van der Waals surface area contributed by atoms with E-state index < -0.39 is 21.5 Å². The van der Waals surface area contributed by atoms with Crippen LogP contribution in [0, 0.1) is 0 Å². The fourth-order valence-corrected chi connectivity index (χ4v) is 4.22. The maximum atomic E-state index is 12.3. The van der Waals surface area contributed by atoms with Crippen LogP contribution in [-0.4, -0.2) is 57.1 Å². The number of nitrogens with zero attached hydrogens (tertiary/aromatic N) is 1. The van der Waals surface area contributed by atoms with Gasteiger partial charge < -0.3 is 15.5 Å². The molecule has 0 heterocycles. The Kier molecular flexibility index (Phi) is 9.01. The van der Waals surface area contributed by atoms with Gasteiger partial charge >= 0.3 is 0 Å². The van der Waals surface area contributed by atoms with E-state index in [1.165, 1.54) is 0 Å². The lowest BCUT2D eigenvalue weighted by atomic mass is 10.1. The van der Waals surface area contributed by atoms with Crippen LogP contribution in [0.1, 0.15) is 29.8 Å². The van der Waals surface area contributed by atoms with Gasteiger partial charge in [-0.15, -0.1) is 0 Å². The average molecular weight is 432 g/mol. The molecule has 2 aromatic carbocycles. The minimum absolute atomic E-state index is 0.196. The van der Waals surface area contributed by atoms with E-state index >= 15 is 0 Å². The summed E-state index contributed by atoms with van der Waals surface area (Å²) in [6.45, 7) is 7.33. The number of nitrogens with one attached hydrogen (secondary N) is 2. The lowest BCUT2D eigenvalue weighted by molar-refractivity contribution is -0.113. The van der Waals surface area contributed by atoms with Gasteiger partial charge in [0.15, 0.2) is 9.84 Å². The molecule has 2 aromatic rings. The van der Waals surface area contributed by atoms with Gasteiger partial charge in [-0.25, -0.2) is 8.42 Å². The molecule has 0 saturated heterocycles. The van der Waals surface area contributed by atoms with Crippen molar-refractivity contribution >= 4 is 27.3 Å². The summed E-state index contributed by atoms with van der Waals surface area (Å²) in [6.07, 6.45) is 0. The van der Waals surface area contributed by atoms with E-state index in [1.807, 2.05) is 0 Å². The Morgan fingerprint density at radius 3 is 2.17 bits per heavy atom. The molecule has 0 bridgehead atoms.